The van der Waals surface area contributed by atoms with E-state index in [9.17, 15) is 9.59 Å². The number of anilines is 1. The molecule has 2 aromatic carbocycles. The zero-order chi connectivity index (χ0) is 18.8. The first-order valence-corrected chi connectivity index (χ1v) is 8.95. The van der Waals surface area contributed by atoms with E-state index in [1.54, 1.807) is 48.5 Å². The van der Waals surface area contributed by atoms with Gasteiger partial charge in [-0.2, -0.15) is 8.75 Å². The number of pyridine rings is 1. The van der Waals surface area contributed by atoms with E-state index >= 15 is 0 Å². The van der Waals surface area contributed by atoms with Gasteiger partial charge in [-0.3, -0.25) is 4.79 Å². The van der Waals surface area contributed by atoms with E-state index < -0.39 is 18.5 Å². The third kappa shape index (κ3) is 3.71. The predicted molar refractivity (Wildman–Crippen MR) is 103 cm³/mol. The summed E-state index contributed by atoms with van der Waals surface area (Å²) in [4.78, 5) is 28.5. The van der Waals surface area contributed by atoms with E-state index in [4.69, 9.17) is 16.3 Å². The summed E-state index contributed by atoms with van der Waals surface area (Å²) in [5.74, 6) is -1.06. The lowest BCUT2D eigenvalue weighted by atomic mass is 10.1. The van der Waals surface area contributed by atoms with Gasteiger partial charge in [0.1, 0.15) is 16.2 Å². The van der Waals surface area contributed by atoms with Crippen molar-refractivity contribution in [1.29, 1.82) is 0 Å². The van der Waals surface area contributed by atoms with Crippen molar-refractivity contribution < 1.29 is 14.3 Å². The van der Waals surface area contributed by atoms with Crippen LogP contribution in [0.2, 0.25) is 5.15 Å². The van der Waals surface area contributed by atoms with E-state index in [-0.39, 0.29) is 0 Å². The van der Waals surface area contributed by atoms with Crippen molar-refractivity contribution in [3.05, 3.63) is 59.2 Å². The molecule has 1 N–H and O–H groups in total. The summed E-state index contributed by atoms with van der Waals surface area (Å²) in [5, 5.41) is 3.80. The lowest BCUT2D eigenvalue weighted by Gasteiger charge is -2.07. The highest BCUT2D eigenvalue weighted by molar-refractivity contribution is 7.00. The molecule has 0 atom stereocenters. The molecule has 4 aromatic rings. The number of halogens is 1. The highest BCUT2D eigenvalue weighted by Crippen LogP contribution is 2.21. The molecule has 0 saturated heterocycles. The Morgan fingerprint density at radius 1 is 1.07 bits per heavy atom. The van der Waals surface area contributed by atoms with Crippen LogP contribution in [-0.4, -0.2) is 32.2 Å². The molecule has 0 aliphatic heterocycles. The Balaban J connectivity index is 1.42. The zero-order valence-corrected chi connectivity index (χ0v) is 15.3. The average molecular weight is 399 g/mol. The minimum Gasteiger partial charge on any atom is -0.452 e. The molecule has 0 radical (unpaired) electrons. The lowest BCUT2D eigenvalue weighted by Crippen LogP contribution is -2.21. The van der Waals surface area contributed by atoms with Gasteiger partial charge < -0.3 is 10.1 Å². The maximum absolute atomic E-state index is 12.2. The van der Waals surface area contributed by atoms with Gasteiger partial charge in [-0.25, -0.2) is 9.78 Å². The monoisotopic (exact) mass is 398 g/mol. The summed E-state index contributed by atoms with van der Waals surface area (Å²) in [7, 11) is 0. The number of aromatic nitrogens is 3. The van der Waals surface area contributed by atoms with Crippen LogP contribution in [0, 0.1) is 0 Å². The Morgan fingerprint density at radius 3 is 2.85 bits per heavy atom. The van der Waals surface area contributed by atoms with Crippen LogP contribution in [0.1, 0.15) is 10.4 Å². The number of nitrogens with zero attached hydrogens (tertiary/aromatic N) is 3. The molecule has 0 fully saturated rings. The van der Waals surface area contributed by atoms with Crippen molar-refractivity contribution in [2.45, 2.75) is 0 Å². The second-order valence-electron chi connectivity index (χ2n) is 5.60. The Kier molecular flexibility index (Phi) is 4.66. The number of carbonyl (C=O) groups excluding carboxylic acids is 2. The minimum absolute atomic E-state index is 0.324. The fourth-order valence-corrected chi connectivity index (χ4v) is 3.24. The highest BCUT2D eigenvalue weighted by Gasteiger charge is 2.13. The average Bonchev–Trinajstić information content (AvgIpc) is 3.15. The SMILES string of the molecule is O=C(COC(=O)c1ccc2nc(Cl)ccc2c1)Nc1cccc2nsnc12. The van der Waals surface area contributed by atoms with Crippen molar-refractivity contribution in [3.63, 3.8) is 0 Å². The summed E-state index contributed by atoms with van der Waals surface area (Å²) in [6.45, 7) is -0.413. The molecule has 0 unspecified atom stereocenters. The molecule has 2 aromatic heterocycles. The molecule has 7 nitrogen and oxygen atoms in total. The van der Waals surface area contributed by atoms with E-state index in [1.165, 1.54) is 0 Å². The number of nitrogens with one attached hydrogen (secondary N) is 1. The van der Waals surface area contributed by atoms with Gasteiger partial charge in [-0.15, -0.1) is 0 Å². The smallest absolute Gasteiger partial charge is 0.338 e. The molecule has 9 heteroatoms. The molecule has 27 heavy (non-hydrogen) atoms. The normalized spacial score (nSPS) is 10.9. The number of fused-ring (bicyclic) bond motifs is 2. The number of hydrogen-bond acceptors (Lipinski definition) is 7. The van der Waals surface area contributed by atoms with Crippen molar-refractivity contribution in [2.24, 2.45) is 0 Å². The summed E-state index contributed by atoms with van der Waals surface area (Å²) < 4.78 is 13.4. The third-order valence-electron chi connectivity index (χ3n) is 3.79. The van der Waals surface area contributed by atoms with Gasteiger partial charge in [-0.1, -0.05) is 17.7 Å². The predicted octanol–water partition coefficient (Wildman–Crippen LogP) is 3.69. The molecule has 0 spiro atoms. The van der Waals surface area contributed by atoms with Crippen LogP contribution in [0.15, 0.2) is 48.5 Å². The van der Waals surface area contributed by atoms with Crippen molar-refractivity contribution in [2.75, 3.05) is 11.9 Å². The van der Waals surface area contributed by atoms with Crippen molar-refractivity contribution in [3.8, 4) is 0 Å². The molecule has 4 rings (SSSR count). The minimum atomic E-state index is -0.601. The molecule has 134 valence electrons. The molecule has 0 aliphatic carbocycles. The summed E-state index contributed by atoms with van der Waals surface area (Å²) in [5.41, 5.74) is 2.81. The van der Waals surface area contributed by atoms with Crippen LogP contribution in [0.4, 0.5) is 5.69 Å². The van der Waals surface area contributed by atoms with Gasteiger partial charge in [0.15, 0.2) is 6.61 Å². The fraction of sp³-hybridized carbons (Fsp3) is 0.0556. The topological polar surface area (TPSA) is 94.1 Å². The Labute approximate surface area is 162 Å². The largest absolute Gasteiger partial charge is 0.452 e. The fourth-order valence-electron chi connectivity index (χ4n) is 2.54. The van der Waals surface area contributed by atoms with Crippen LogP contribution >= 0.6 is 23.3 Å². The standard InChI is InChI=1S/C18H11ClN4O3S/c19-15-7-5-10-8-11(4-6-12(10)20-15)18(25)26-9-16(24)21-13-2-1-3-14-17(13)23-27-22-14/h1-8H,9H2,(H,21,24). The van der Waals surface area contributed by atoms with Crippen LogP contribution in [0.3, 0.4) is 0 Å². The number of amides is 1. The molecular weight excluding hydrogens is 388 g/mol. The van der Waals surface area contributed by atoms with Gasteiger partial charge >= 0.3 is 5.97 Å². The maximum atomic E-state index is 12.2. The summed E-state index contributed by atoms with van der Waals surface area (Å²) in [6, 6.07) is 13.6. The number of benzene rings is 2. The Morgan fingerprint density at radius 2 is 1.96 bits per heavy atom. The molecule has 0 saturated carbocycles. The van der Waals surface area contributed by atoms with Crippen LogP contribution in [-0.2, 0) is 9.53 Å². The van der Waals surface area contributed by atoms with Crippen molar-refractivity contribution in [1.82, 2.24) is 13.7 Å². The molecule has 2 heterocycles. The molecule has 0 bridgehead atoms. The summed E-state index contributed by atoms with van der Waals surface area (Å²) >= 11 is 6.91. The van der Waals surface area contributed by atoms with Crippen LogP contribution in [0.5, 0.6) is 0 Å². The number of hydrogen-bond donors (Lipinski definition) is 1. The quantitative estimate of drug-likeness (QED) is 0.416. The number of ether oxygens (including phenoxy) is 1. The second kappa shape index (κ2) is 7.26. The lowest BCUT2D eigenvalue weighted by molar-refractivity contribution is -0.119. The number of esters is 1. The van der Waals surface area contributed by atoms with Gasteiger partial charge in [0.05, 0.1) is 28.5 Å². The zero-order valence-electron chi connectivity index (χ0n) is 13.7. The van der Waals surface area contributed by atoms with Crippen LogP contribution in [0.25, 0.3) is 21.9 Å². The van der Waals surface area contributed by atoms with E-state index in [1.807, 2.05) is 0 Å². The van der Waals surface area contributed by atoms with Crippen molar-refractivity contribution >= 4 is 62.8 Å². The third-order valence-corrected chi connectivity index (χ3v) is 4.54. The first-order valence-electron chi connectivity index (χ1n) is 7.85. The van der Waals surface area contributed by atoms with Gasteiger partial charge in [0.2, 0.25) is 0 Å². The maximum Gasteiger partial charge on any atom is 0.338 e. The Hall–Kier alpha value is -3.10. The van der Waals surface area contributed by atoms with Crippen LogP contribution < -0.4 is 5.32 Å². The summed E-state index contributed by atoms with van der Waals surface area (Å²) in [6.07, 6.45) is 0. The number of rotatable bonds is 4. The second-order valence-corrected chi connectivity index (χ2v) is 6.52. The van der Waals surface area contributed by atoms with Gasteiger partial charge in [0, 0.05) is 5.39 Å². The molecule has 0 aliphatic rings. The number of carbonyl (C=O) groups is 2. The molecular formula is C18H11ClN4O3S. The van der Waals surface area contributed by atoms with E-state index in [2.05, 4.69) is 19.0 Å². The van der Waals surface area contributed by atoms with Gasteiger partial charge in [0.25, 0.3) is 5.91 Å². The highest BCUT2D eigenvalue weighted by atomic mass is 35.5. The first-order chi connectivity index (χ1) is 13.1. The van der Waals surface area contributed by atoms with E-state index in [0.717, 1.165) is 17.1 Å². The van der Waals surface area contributed by atoms with E-state index in [0.29, 0.717) is 33.0 Å². The van der Waals surface area contributed by atoms with Gasteiger partial charge in [-0.05, 0) is 42.5 Å². The Bertz CT molecular complexity index is 1180. The first kappa shape index (κ1) is 17.3. The molecule has 1 amide bonds.